The second-order valence-electron chi connectivity index (χ2n) is 6.10. The van der Waals surface area contributed by atoms with Crippen molar-refractivity contribution >= 4 is 17.5 Å². The molecule has 0 aromatic heterocycles. The molecule has 1 aliphatic rings. The second-order valence-corrected chi connectivity index (χ2v) is 6.10. The molecule has 23 heavy (non-hydrogen) atoms. The van der Waals surface area contributed by atoms with E-state index in [4.69, 9.17) is 0 Å². The summed E-state index contributed by atoms with van der Waals surface area (Å²) >= 11 is 0. The maximum atomic E-state index is 12.4. The Labute approximate surface area is 137 Å². The van der Waals surface area contributed by atoms with E-state index >= 15 is 0 Å². The minimum atomic E-state index is -0.290. The number of nitrogens with one attached hydrogen (secondary N) is 1. The van der Waals surface area contributed by atoms with Gasteiger partial charge in [-0.05, 0) is 49.9 Å². The molecule has 0 radical (unpaired) electrons. The lowest BCUT2D eigenvalue weighted by Gasteiger charge is -2.29. The van der Waals surface area contributed by atoms with Crippen LogP contribution in [0.4, 0.5) is 5.69 Å². The Morgan fingerprint density at radius 3 is 2.26 bits per heavy atom. The number of benzene rings is 1. The smallest absolute Gasteiger partial charge is 0.253 e. The minimum absolute atomic E-state index is 0.0187. The van der Waals surface area contributed by atoms with Gasteiger partial charge in [-0.25, -0.2) is 0 Å². The van der Waals surface area contributed by atoms with Crippen LogP contribution in [0.5, 0.6) is 0 Å². The molecule has 126 valence electrons. The second kappa shape index (κ2) is 8.11. The molecule has 5 heteroatoms. The van der Waals surface area contributed by atoms with E-state index in [1.165, 1.54) is 0 Å². The molecule has 5 nitrogen and oxygen atoms in total. The average Bonchev–Trinajstić information content (AvgIpc) is 2.57. The lowest BCUT2D eigenvalue weighted by molar-refractivity contribution is -0.120. The Balaban J connectivity index is 1.96. The first kappa shape index (κ1) is 17.5. The molecule has 0 atom stereocenters. The summed E-state index contributed by atoms with van der Waals surface area (Å²) in [4.78, 5) is 26.2. The topological polar surface area (TPSA) is 69.6 Å². The van der Waals surface area contributed by atoms with Crippen molar-refractivity contribution in [2.24, 2.45) is 5.92 Å². The summed E-state index contributed by atoms with van der Waals surface area (Å²) in [5.41, 5.74) is 1.33. The zero-order valence-corrected chi connectivity index (χ0v) is 13.9. The van der Waals surface area contributed by atoms with E-state index in [1.807, 2.05) is 13.8 Å². The summed E-state index contributed by atoms with van der Waals surface area (Å²) in [5, 5.41) is 12.4. The Kier molecular flexibility index (Phi) is 6.16. The number of carbonyl (C=O) groups is 2. The summed E-state index contributed by atoms with van der Waals surface area (Å²) in [6, 6.07) is 7.03. The zero-order valence-electron chi connectivity index (χ0n) is 13.9. The fraction of sp³-hybridized carbons (Fsp3) is 0.556. The molecule has 0 aliphatic carbocycles. The number of carbonyl (C=O) groups excluding carboxylic acids is 2. The Bertz CT molecular complexity index is 530. The third-order valence-corrected chi connectivity index (χ3v) is 4.51. The van der Waals surface area contributed by atoms with Crippen molar-refractivity contribution in [1.29, 1.82) is 0 Å². The van der Waals surface area contributed by atoms with E-state index in [2.05, 4.69) is 5.32 Å². The third-order valence-electron chi connectivity index (χ3n) is 4.51. The van der Waals surface area contributed by atoms with Crippen LogP contribution in [0, 0.1) is 5.92 Å². The molecule has 1 saturated heterocycles. The van der Waals surface area contributed by atoms with Gasteiger partial charge in [0.2, 0.25) is 5.91 Å². The van der Waals surface area contributed by atoms with Crippen LogP contribution in [-0.2, 0) is 4.79 Å². The first-order valence-corrected chi connectivity index (χ1v) is 8.43. The molecule has 2 amide bonds. The molecule has 2 N–H and O–H groups in total. The monoisotopic (exact) mass is 318 g/mol. The lowest BCUT2D eigenvalue weighted by Crippen LogP contribution is -2.40. The van der Waals surface area contributed by atoms with Crippen molar-refractivity contribution in [2.75, 3.05) is 18.4 Å². The zero-order chi connectivity index (χ0) is 16.8. The molecule has 2 rings (SSSR count). The predicted octanol–water partition coefficient (Wildman–Crippen LogP) is 2.66. The van der Waals surface area contributed by atoms with Crippen molar-refractivity contribution in [3.05, 3.63) is 29.8 Å². The summed E-state index contributed by atoms with van der Waals surface area (Å²) in [7, 11) is 0. The fourth-order valence-corrected chi connectivity index (χ4v) is 2.85. The average molecular weight is 318 g/mol. The van der Waals surface area contributed by atoms with Gasteiger partial charge in [-0.1, -0.05) is 13.8 Å². The first-order valence-electron chi connectivity index (χ1n) is 8.43. The highest BCUT2D eigenvalue weighted by Gasteiger charge is 2.22. The molecule has 1 heterocycles. The molecular weight excluding hydrogens is 292 g/mol. The van der Waals surface area contributed by atoms with Gasteiger partial charge in [0.1, 0.15) is 0 Å². The number of hydrogen-bond acceptors (Lipinski definition) is 3. The molecule has 0 unspecified atom stereocenters. The number of rotatable bonds is 5. The Hall–Kier alpha value is -1.88. The third kappa shape index (κ3) is 4.55. The van der Waals surface area contributed by atoms with Crippen LogP contribution in [-0.4, -0.2) is 41.0 Å². The van der Waals surface area contributed by atoms with E-state index in [0.29, 0.717) is 37.2 Å². The standard InChI is InChI=1S/C18H26N2O3/c1-3-13(4-2)17(22)19-15-7-5-14(6-8-15)18(23)20-11-9-16(21)10-12-20/h5-8,13,16,21H,3-4,9-12H2,1-2H3,(H,19,22). The number of hydrogen-bond donors (Lipinski definition) is 2. The fourth-order valence-electron chi connectivity index (χ4n) is 2.85. The van der Waals surface area contributed by atoms with Crippen molar-refractivity contribution < 1.29 is 14.7 Å². The van der Waals surface area contributed by atoms with E-state index in [9.17, 15) is 14.7 Å². The molecule has 1 fully saturated rings. The van der Waals surface area contributed by atoms with Gasteiger partial charge in [-0.15, -0.1) is 0 Å². The van der Waals surface area contributed by atoms with Gasteiger partial charge in [0.25, 0.3) is 5.91 Å². The van der Waals surface area contributed by atoms with Gasteiger partial charge in [-0.2, -0.15) is 0 Å². The summed E-state index contributed by atoms with van der Waals surface area (Å²) in [6.45, 7) is 5.19. The lowest BCUT2D eigenvalue weighted by atomic mass is 10.0. The molecule has 1 aromatic carbocycles. The van der Waals surface area contributed by atoms with Crippen LogP contribution in [0.2, 0.25) is 0 Å². The highest BCUT2D eigenvalue weighted by Crippen LogP contribution is 2.17. The van der Waals surface area contributed by atoms with Gasteiger partial charge in [-0.3, -0.25) is 9.59 Å². The summed E-state index contributed by atoms with van der Waals surface area (Å²) in [5.74, 6) is 0.0324. The van der Waals surface area contributed by atoms with Crippen molar-refractivity contribution in [1.82, 2.24) is 4.90 Å². The van der Waals surface area contributed by atoms with E-state index in [1.54, 1.807) is 29.2 Å². The van der Waals surface area contributed by atoms with Crippen LogP contribution >= 0.6 is 0 Å². The van der Waals surface area contributed by atoms with Crippen molar-refractivity contribution in [3.63, 3.8) is 0 Å². The highest BCUT2D eigenvalue weighted by atomic mass is 16.3. The van der Waals surface area contributed by atoms with Gasteiger partial charge in [0.05, 0.1) is 6.10 Å². The highest BCUT2D eigenvalue weighted by molar-refractivity contribution is 5.96. The number of amides is 2. The van der Waals surface area contributed by atoms with Crippen molar-refractivity contribution in [2.45, 2.75) is 45.6 Å². The van der Waals surface area contributed by atoms with Crippen LogP contribution in [0.25, 0.3) is 0 Å². The van der Waals surface area contributed by atoms with Crippen LogP contribution in [0.1, 0.15) is 49.9 Å². The van der Waals surface area contributed by atoms with Crippen molar-refractivity contribution in [3.8, 4) is 0 Å². The molecular formula is C18H26N2O3. The number of piperidine rings is 1. The normalized spacial score (nSPS) is 15.7. The number of aliphatic hydroxyl groups excluding tert-OH is 1. The number of aliphatic hydroxyl groups is 1. The van der Waals surface area contributed by atoms with Gasteiger partial charge in [0.15, 0.2) is 0 Å². The van der Waals surface area contributed by atoms with Crippen LogP contribution in [0.15, 0.2) is 24.3 Å². The summed E-state index contributed by atoms with van der Waals surface area (Å²) in [6.07, 6.45) is 2.62. The van der Waals surface area contributed by atoms with Gasteiger partial charge >= 0.3 is 0 Å². The number of likely N-dealkylation sites (tertiary alicyclic amines) is 1. The Morgan fingerprint density at radius 2 is 1.74 bits per heavy atom. The van der Waals surface area contributed by atoms with Crippen LogP contribution < -0.4 is 5.32 Å². The molecule has 0 spiro atoms. The first-order chi connectivity index (χ1) is 11.0. The maximum absolute atomic E-state index is 12.4. The van der Waals surface area contributed by atoms with Crippen LogP contribution in [0.3, 0.4) is 0 Å². The van der Waals surface area contributed by atoms with Gasteiger partial charge in [0, 0.05) is 30.3 Å². The molecule has 1 aliphatic heterocycles. The summed E-state index contributed by atoms with van der Waals surface area (Å²) < 4.78 is 0. The van der Waals surface area contributed by atoms with Gasteiger partial charge < -0.3 is 15.3 Å². The maximum Gasteiger partial charge on any atom is 0.253 e. The largest absolute Gasteiger partial charge is 0.393 e. The van der Waals surface area contributed by atoms with E-state index in [-0.39, 0.29) is 23.8 Å². The number of anilines is 1. The minimum Gasteiger partial charge on any atom is -0.393 e. The number of nitrogens with zero attached hydrogens (tertiary/aromatic N) is 1. The molecule has 0 bridgehead atoms. The van der Waals surface area contributed by atoms with E-state index < -0.39 is 0 Å². The Morgan fingerprint density at radius 1 is 1.17 bits per heavy atom. The molecule has 0 saturated carbocycles. The molecule has 1 aromatic rings. The SMILES string of the molecule is CCC(CC)C(=O)Nc1ccc(C(=O)N2CCC(O)CC2)cc1. The predicted molar refractivity (Wildman–Crippen MR) is 90.3 cm³/mol. The quantitative estimate of drug-likeness (QED) is 0.877. The van der Waals surface area contributed by atoms with E-state index in [0.717, 1.165) is 12.8 Å².